The lowest BCUT2D eigenvalue weighted by Crippen LogP contribution is -2.30. The van der Waals surface area contributed by atoms with Gasteiger partial charge < -0.3 is 9.74 Å². The van der Waals surface area contributed by atoms with Crippen LogP contribution in [0, 0.1) is 5.92 Å². The maximum Gasteiger partial charge on any atom is 0.330 e. The lowest BCUT2D eigenvalue weighted by Gasteiger charge is -2.19. The van der Waals surface area contributed by atoms with Gasteiger partial charge in [-0.3, -0.25) is 4.79 Å². The second kappa shape index (κ2) is 9.41. The average Bonchev–Trinajstić information content (AvgIpc) is 2.92. The van der Waals surface area contributed by atoms with Crippen molar-refractivity contribution in [3.63, 3.8) is 0 Å². The molecule has 1 unspecified atom stereocenters. The highest BCUT2D eigenvalue weighted by atomic mass is 35.5. The van der Waals surface area contributed by atoms with Gasteiger partial charge in [-0.15, -0.1) is 5.06 Å². The van der Waals surface area contributed by atoms with Gasteiger partial charge in [0.15, 0.2) is 0 Å². The Morgan fingerprint density at radius 2 is 2.08 bits per heavy atom. The van der Waals surface area contributed by atoms with Crippen LogP contribution in [0.1, 0.15) is 38.2 Å². The molecule has 5 nitrogen and oxygen atoms in total. The number of hydroxylamine groups is 2. The van der Waals surface area contributed by atoms with E-state index in [2.05, 4.69) is 6.92 Å². The van der Waals surface area contributed by atoms with Gasteiger partial charge in [0.2, 0.25) is 5.91 Å². The second-order valence-electron chi connectivity index (χ2n) is 6.39. The maximum absolute atomic E-state index is 12.3. The molecule has 1 heterocycles. The van der Waals surface area contributed by atoms with E-state index in [1.54, 1.807) is 24.1 Å². The fraction of sp³-hybridized carbons (Fsp3) is 0.556. The largest absolute Gasteiger partial charge is 0.367 e. The Morgan fingerprint density at radius 3 is 2.76 bits per heavy atom. The first-order valence-electron chi connectivity index (χ1n) is 8.55. The Morgan fingerprint density at radius 1 is 1.32 bits per heavy atom. The predicted molar refractivity (Wildman–Crippen MR) is 98.2 cm³/mol. The van der Waals surface area contributed by atoms with Crippen LogP contribution >= 0.6 is 23.2 Å². The highest BCUT2D eigenvalue weighted by Crippen LogP contribution is 2.24. The quantitative estimate of drug-likeness (QED) is 0.501. The molecule has 0 aliphatic carbocycles. The van der Waals surface area contributed by atoms with Crippen LogP contribution in [0.2, 0.25) is 10.0 Å². The summed E-state index contributed by atoms with van der Waals surface area (Å²) >= 11 is 11.9. The van der Waals surface area contributed by atoms with E-state index in [-0.39, 0.29) is 18.3 Å². The summed E-state index contributed by atoms with van der Waals surface area (Å²) in [5.74, 6) is -0.732. The zero-order valence-electron chi connectivity index (χ0n) is 14.6. The van der Waals surface area contributed by atoms with E-state index in [0.29, 0.717) is 23.1 Å². The Bertz CT molecular complexity index is 624. The van der Waals surface area contributed by atoms with Crippen molar-refractivity contribution < 1.29 is 14.4 Å². The van der Waals surface area contributed by atoms with Gasteiger partial charge in [0, 0.05) is 26.6 Å². The van der Waals surface area contributed by atoms with Crippen molar-refractivity contribution in [2.24, 2.45) is 5.92 Å². The van der Waals surface area contributed by atoms with Gasteiger partial charge in [-0.2, -0.15) is 0 Å². The molecule has 7 heteroatoms. The Labute approximate surface area is 158 Å². The number of halogens is 2. The summed E-state index contributed by atoms with van der Waals surface area (Å²) in [6.07, 6.45) is 3.39. The van der Waals surface area contributed by atoms with E-state index >= 15 is 0 Å². The molecule has 1 aromatic carbocycles. The smallest absolute Gasteiger partial charge is 0.330 e. The van der Waals surface area contributed by atoms with E-state index in [1.807, 2.05) is 6.07 Å². The topological polar surface area (TPSA) is 49.9 Å². The predicted octanol–water partition coefficient (Wildman–Crippen LogP) is 3.92. The first-order valence-corrected chi connectivity index (χ1v) is 9.31. The fourth-order valence-corrected chi connectivity index (χ4v) is 3.17. The van der Waals surface area contributed by atoms with Crippen molar-refractivity contribution in [2.75, 3.05) is 20.1 Å². The Balaban J connectivity index is 1.82. The van der Waals surface area contributed by atoms with Gasteiger partial charge in [0.05, 0.1) is 22.5 Å². The van der Waals surface area contributed by atoms with Crippen molar-refractivity contribution in [1.29, 1.82) is 0 Å². The number of nitrogens with zero attached hydrogens (tertiary/aromatic N) is 2. The standard InChI is InChI=1S/C18H24Cl2N2O3/c1-3-4-5-8-22-12-14(10-17(22)23)18(24)25-21(2)11-13-6-7-15(19)16(20)9-13/h6-7,9,14H,3-5,8,10-12H2,1-2H3. The molecular weight excluding hydrogens is 363 g/mol. The highest BCUT2D eigenvalue weighted by Gasteiger charge is 2.35. The third-order valence-corrected chi connectivity index (χ3v) is 4.95. The van der Waals surface area contributed by atoms with E-state index < -0.39 is 5.92 Å². The van der Waals surface area contributed by atoms with E-state index in [9.17, 15) is 9.59 Å². The van der Waals surface area contributed by atoms with Crippen LogP contribution in [-0.2, 0) is 21.0 Å². The number of benzene rings is 1. The molecule has 0 aromatic heterocycles. The van der Waals surface area contributed by atoms with Crippen LogP contribution in [0.4, 0.5) is 0 Å². The van der Waals surface area contributed by atoms with E-state index in [4.69, 9.17) is 28.0 Å². The molecule has 1 fully saturated rings. The first kappa shape index (κ1) is 20.0. The van der Waals surface area contributed by atoms with Crippen molar-refractivity contribution in [3.05, 3.63) is 33.8 Å². The first-order chi connectivity index (χ1) is 11.9. The molecule has 2 rings (SSSR count). The molecule has 1 amide bonds. The van der Waals surface area contributed by atoms with Gasteiger partial charge in [0.1, 0.15) is 0 Å². The highest BCUT2D eigenvalue weighted by molar-refractivity contribution is 6.42. The van der Waals surface area contributed by atoms with Crippen LogP contribution in [0.5, 0.6) is 0 Å². The minimum atomic E-state index is -0.398. The SMILES string of the molecule is CCCCCN1CC(C(=O)ON(C)Cc2ccc(Cl)c(Cl)c2)CC1=O. The zero-order chi connectivity index (χ0) is 18.4. The van der Waals surface area contributed by atoms with Crippen LogP contribution < -0.4 is 0 Å². The number of likely N-dealkylation sites (tertiary alicyclic amines) is 1. The molecule has 1 aromatic rings. The second-order valence-corrected chi connectivity index (χ2v) is 7.21. The summed E-state index contributed by atoms with van der Waals surface area (Å²) in [4.78, 5) is 31.4. The maximum atomic E-state index is 12.3. The van der Waals surface area contributed by atoms with Crippen molar-refractivity contribution >= 4 is 35.1 Å². The molecule has 1 saturated heterocycles. The lowest BCUT2D eigenvalue weighted by atomic mass is 10.1. The minimum absolute atomic E-state index is 0.0326. The molecule has 138 valence electrons. The van der Waals surface area contributed by atoms with Gasteiger partial charge in [0.25, 0.3) is 0 Å². The Hall–Kier alpha value is -1.30. The summed E-state index contributed by atoms with van der Waals surface area (Å²) in [7, 11) is 1.68. The van der Waals surface area contributed by atoms with Crippen LogP contribution in [0.25, 0.3) is 0 Å². The number of hydrogen-bond donors (Lipinski definition) is 0. The number of carbonyl (C=O) groups excluding carboxylic acids is 2. The fourth-order valence-electron chi connectivity index (χ4n) is 2.85. The van der Waals surface area contributed by atoms with Gasteiger partial charge in [-0.25, -0.2) is 4.79 Å². The molecule has 1 atom stereocenters. The third kappa shape index (κ3) is 5.87. The molecule has 0 spiro atoms. The minimum Gasteiger partial charge on any atom is -0.367 e. The van der Waals surface area contributed by atoms with Crippen molar-refractivity contribution in [1.82, 2.24) is 9.96 Å². The Kier molecular flexibility index (Phi) is 7.54. The van der Waals surface area contributed by atoms with E-state index in [0.717, 1.165) is 31.4 Å². The number of carbonyl (C=O) groups is 2. The lowest BCUT2D eigenvalue weighted by molar-refractivity contribution is -0.191. The number of hydrogen-bond acceptors (Lipinski definition) is 4. The molecule has 0 saturated carbocycles. The van der Waals surface area contributed by atoms with E-state index in [1.165, 1.54) is 5.06 Å². The third-order valence-electron chi connectivity index (χ3n) is 4.21. The molecule has 1 aliphatic heterocycles. The number of rotatable bonds is 8. The van der Waals surface area contributed by atoms with Gasteiger partial charge >= 0.3 is 5.97 Å². The summed E-state index contributed by atoms with van der Waals surface area (Å²) in [6.45, 7) is 3.68. The summed E-state index contributed by atoms with van der Waals surface area (Å²) in [5, 5.41) is 2.40. The van der Waals surface area contributed by atoms with Crippen LogP contribution in [-0.4, -0.2) is 42.0 Å². The molecule has 0 bridgehead atoms. The summed E-state index contributed by atoms with van der Waals surface area (Å²) in [5.41, 5.74) is 0.883. The van der Waals surface area contributed by atoms with Gasteiger partial charge in [-0.05, 0) is 24.1 Å². The van der Waals surface area contributed by atoms with Gasteiger partial charge in [-0.1, -0.05) is 49.0 Å². The normalized spacial score (nSPS) is 17.4. The molecule has 25 heavy (non-hydrogen) atoms. The summed E-state index contributed by atoms with van der Waals surface area (Å²) in [6, 6.07) is 5.27. The monoisotopic (exact) mass is 386 g/mol. The van der Waals surface area contributed by atoms with Crippen molar-refractivity contribution in [2.45, 2.75) is 39.2 Å². The summed E-state index contributed by atoms with van der Waals surface area (Å²) < 4.78 is 0. The van der Waals surface area contributed by atoms with Crippen LogP contribution in [0.3, 0.4) is 0 Å². The zero-order valence-corrected chi connectivity index (χ0v) is 16.1. The number of amides is 1. The number of unbranched alkanes of at least 4 members (excludes halogenated alkanes) is 2. The van der Waals surface area contributed by atoms with Crippen LogP contribution in [0.15, 0.2) is 18.2 Å². The molecular formula is C18H24Cl2N2O3. The molecule has 0 N–H and O–H groups in total. The molecule has 0 radical (unpaired) electrons. The van der Waals surface area contributed by atoms with Crippen molar-refractivity contribution in [3.8, 4) is 0 Å². The molecule has 1 aliphatic rings. The average molecular weight is 387 g/mol.